The Bertz CT molecular complexity index is 1220. The number of fused-ring (bicyclic) bond motifs is 1. The van der Waals surface area contributed by atoms with Gasteiger partial charge in [0.15, 0.2) is 6.61 Å². The lowest BCUT2D eigenvalue weighted by molar-refractivity contribution is 0.0477. The van der Waals surface area contributed by atoms with Crippen molar-refractivity contribution in [2.75, 3.05) is 6.61 Å². The lowest BCUT2D eigenvalue weighted by Gasteiger charge is -2.05. The van der Waals surface area contributed by atoms with Crippen LogP contribution in [0.25, 0.3) is 10.2 Å². The Morgan fingerprint density at radius 3 is 2.72 bits per heavy atom. The fourth-order valence-corrected chi connectivity index (χ4v) is 4.39. The maximum absolute atomic E-state index is 12.5. The Hall–Kier alpha value is -2.90. The molecular formula is C21H18ClN3O3S. The minimum absolute atomic E-state index is 0.243. The van der Waals surface area contributed by atoms with Crippen molar-refractivity contribution in [3.63, 3.8) is 0 Å². The lowest BCUT2D eigenvalue weighted by atomic mass is 10.2. The maximum Gasteiger partial charge on any atom is 0.348 e. The molecule has 29 heavy (non-hydrogen) atoms. The third kappa shape index (κ3) is 3.83. The molecule has 6 nitrogen and oxygen atoms in total. The molecule has 0 N–H and O–H groups in total. The van der Waals surface area contributed by atoms with Crippen LogP contribution in [0.15, 0.2) is 48.7 Å². The van der Waals surface area contributed by atoms with E-state index in [1.807, 2.05) is 35.9 Å². The molecule has 148 valence electrons. The molecule has 0 fully saturated rings. The Morgan fingerprint density at radius 1 is 1.21 bits per heavy atom. The van der Waals surface area contributed by atoms with Crippen molar-refractivity contribution >= 4 is 44.9 Å². The number of aryl methyl sites for hydroxylation is 2. The van der Waals surface area contributed by atoms with Gasteiger partial charge in [0.1, 0.15) is 9.71 Å². The zero-order valence-corrected chi connectivity index (χ0v) is 17.5. The molecule has 4 rings (SSSR count). The third-order valence-electron chi connectivity index (χ3n) is 4.65. The topological polar surface area (TPSA) is 66.1 Å². The number of aromatic nitrogens is 3. The van der Waals surface area contributed by atoms with E-state index >= 15 is 0 Å². The average Bonchev–Trinajstić information content (AvgIpc) is 3.39. The monoisotopic (exact) mass is 427 g/mol. The Morgan fingerprint density at radius 2 is 2.00 bits per heavy atom. The first-order valence-corrected chi connectivity index (χ1v) is 10.2. The van der Waals surface area contributed by atoms with Gasteiger partial charge in [-0.3, -0.25) is 9.48 Å². The molecule has 3 heterocycles. The van der Waals surface area contributed by atoms with Gasteiger partial charge in [-0.15, -0.1) is 11.3 Å². The summed E-state index contributed by atoms with van der Waals surface area (Å²) in [6.45, 7) is 2.10. The molecule has 0 radical (unpaired) electrons. The molecule has 0 aliphatic heterocycles. The van der Waals surface area contributed by atoms with Crippen LogP contribution in [0.2, 0.25) is 5.02 Å². The zero-order chi connectivity index (χ0) is 20.5. The standard InChI is InChI=1S/C21H18ClN3O3S/c1-13-15-10-19(21(27)28-12-18(26)17-8-5-9-24(17)2)29-20(15)25(23-13)11-14-6-3-4-7-16(14)22/h3-10H,11-12H2,1-2H3. The second-order valence-corrected chi connectivity index (χ2v) is 8.11. The van der Waals surface area contributed by atoms with Crippen molar-refractivity contribution in [3.05, 3.63) is 75.5 Å². The van der Waals surface area contributed by atoms with Crippen molar-refractivity contribution in [1.29, 1.82) is 0 Å². The summed E-state index contributed by atoms with van der Waals surface area (Å²) in [5.41, 5.74) is 2.27. The third-order valence-corrected chi connectivity index (χ3v) is 6.15. The summed E-state index contributed by atoms with van der Waals surface area (Å²) in [4.78, 5) is 26.0. The van der Waals surface area contributed by atoms with Crippen LogP contribution in [-0.4, -0.2) is 32.7 Å². The van der Waals surface area contributed by atoms with E-state index in [4.69, 9.17) is 16.3 Å². The largest absolute Gasteiger partial charge is 0.453 e. The molecule has 3 aromatic heterocycles. The summed E-state index contributed by atoms with van der Waals surface area (Å²) in [5.74, 6) is -0.759. The van der Waals surface area contributed by atoms with Crippen molar-refractivity contribution in [3.8, 4) is 0 Å². The second kappa shape index (κ2) is 7.85. The van der Waals surface area contributed by atoms with Gasteiger partial charge in [0.25, 0.3) is 0 Å². The Kier molecular flexibility index (Phi) is 5.25. The van der Waals surface area contributed by atoms with Crippen LogP contribution in [0.5, 0.6) is 0 Å². The first kappa shape index (κ1) is 19.4. The summed E-state index contributed by atoms with van der Waals surface area (Å²) in [5, 5.41) is 6.13. The molecular weight excluding hydrogens is 410 g/mol. The number of carbonyl (C=O) groups is 2. The van der Waals surface area contributed by atoms with Crippen molar-refractivity contribution in [1.82, 2.24) is 14.3 Å². The van der Waals surface area contributed by atoms with Crippen LogP contribution in [0, 0.1) is 6.92 Å². The number of ether oxygens (including phenoxy) is 1. The number of hydrogen-bond donors (Lipinski definition) is 0. The van der Waals surface area contributed by atoms with Gasteiger partial charge in [-0.05, 0) is 36.8 Å². The minimum Gasteiger partial charge on any atom is -0.453 e. The zero-order valence-electron chi connectivity index (χ0n) is 15.9. The average molecular weight is 428 g/mol. The highest BCUT2D eigenvalue weighted by Gasteiger charge is 2.19. The first-order valence-electron chi connectivity index (χ1n) is 8.96. The van der Waals surface area contributed by atoms with Crippen LogP contribution in [0.1, 0.15) is 31.4 Å². The normalized spacial score (nSPS) is 11.1. The van der Waals surface area contributed by atoms with Crippen LogP contribution in [0.3, 0.4) is 0 Å². The van der Waals surface area contributed by atoms with Crippen LogP contribution < -0.4 is 0 Å². The van der Waals surface area contributed by atoms with E-state index < -0.39 is 5.97 Å². The molecule has 0 saturated heterocycles. The Balaban J connectivity index is 1.53. The molecule has 0 unspecified atom stereocenters. The van der Waals surface area contributed by atoms with Gasteiger partial charge >= 0.3 is 5.97 Å². The van der Waals surface area contributed by atoms with Crippen LogP contribution >= 0.6 is 22.9 Å². The number of thiophene rings is 1. The summed E-state index contributed by atoms with van der Waals surface area (Å²) >= 11 is 7.56. The number of rotatable bonds is 6. The van der Waals surface area contributed by atoms with Crippen molar-refractivity contribution in [2.24, 2.45) is 7.05 Å². The van der Waals surface area contributed by atoms with E-state index in [2.05, 4.69) is 5.10 Å². The highest BCUT2D eigenvalue weighted by molar-refractivity contribution is 7.20. The molecule has 1 aromatic carbocycles. The molecule has 0 aliphatic carbocycles. The summed E-state index contributed by atoms with van der Waals surface area (Å²) in [6, 6.07) is 12.8. The molecule has 4 aromatic rings. The molecule has 0 amide bonds. The van der Waals surface area contributed by atoms with Crippen LogP contribution in [0.4, 0.5) is 0 Å². The number of esters is 1. The van der Waals surface area contributed by atoms with E-state index in [-0.39, 0.29) is 12.4 Å². The van der Waals surface area contributed by atoms with E-state index in [1.165, 1.54) is 11.3 Å². The molecule has 0 atom stereocenters. The number of halogens is 1. The molecule has 8 heteroatoms. The number of nitrogens with zero attached hydrogens (tertiary/aromatic N) is 3. The lowest BCUT2D eigenvalue weighted by Crippen LogP contribution is -2.15. The smallest absolute Gasteiger partial charge is 0.348 e. The van der Waals surface area contributed by atoms with E-state index in [0.717, 1.165) is 21.5 Å². The minimum atomic E-state index is -0.516. The highest BCUT2D eigenvalue weighted by Crippen LogP contribution is 2.30. The first-order chi connectivity index (χ1) is 13.9. The number of hydrogen-bond acceptors (Lipinski definition) is 5. The predicted octanol–water partition coefficient (Wildman–Crippen LogP) is 4.49. The molecule has 0 spiro atoms. The Labute approximate surface area is 176 Å². The van der Waals surface area contributed by atoms with E-state index in [0.29, 0.717) is 22.1 Å². The summed E-state index contributed by atoms with van der Waals surface area (Å²) < 4.78 is 8.78. The van der Waals surface area contributed by atoms with Gasteiger partial charge < -0.3 is 9.30 Å². The van der Waals surface area contributed by atoms with Gasteiger partial charge in [-0.1, -0.05) is 29.8 Å². The summed E-state index contributed by atoms with van der Waals surface area (Å²) in [6.07, 6.45) is 1.77. The van der Waals surface area contributed by atoms with Crippen molar-refractivity contribution < 1.29 is 14.3 Å². The van der Waals surface area contributed by atoms with Gasteiger partial charge in [-0.2, -0.15) is 5.10 Å². The van der Waals surface area contributed by atoms with Gasteiger partial charge in [0.05, 0.1) is 17.9 Å². The van der Waals surface area contributed by atoms with Gasteiger partial charge in [0, 0.05) is 23.7 Å². The van der Waals surface area contributed by atoms with Crippen LogP contribution in [-0.2, 0) is 18.3 Å². The van der Waals surface area contributed by atoms with Crippen molar-refractivity contribution in [2.45, 2.75) is 13.5 Å². The van der Waals surface area contributed by atoms with E-state index in [9.17, 15) is 9.59 Å². The number of benzene rings is 1. The maximum atomic E-state index is 12.5. The number of carbonyl (C=O) groups excluding carboxylic acids is 2. The fraction of sp³-hybridized carbons (Fsp3) is 0.190. The predicted molar refractivity (Wildman–Crippen MR) is 113 cm³/mol. The second-order valence-electron chi connectivity index (χ2n) is 6.67. The molecule has 0 aliphatic rings. The summed E-state index contributed by atoms with van der Waals surface area (Å²) in [7, 11) is 1.77. The highest BCUT2D eigenvalue weighted by atomic mass is 35.5. The fourth-order valence-electron chi connectivity index (χ4n) is 3.14. The SMILES string of the molecule is Cc1nn(Cc2ccccc2Cl)c2sc(C(=O)OCC(=O)c3cccn3C)cc12. The molecule has 0 bridgehead atoms. The van der Waals surface area contributed by atoms with Gasteiger partial charge in [-0.25, -0.2) is 4.79 Å². The number of ketones is 1. The molecule has 0 saturated carbocycles. The van der Waals surface area contributed by atoms with Gasteiger partial charge in [0.2, 0.25) is 5.78 Å². The number of Topliss-reactive ketones (excluding diaryl/α,β-unsaturated/α-hetero) is 1. The quantitative estimate of drug-likeness (QED) is 0.336. The van der Waals surface area contributed by atoms with E-state index in [1.54, 1.807) is 36.0 Å².